The predicted octanol–water partition coefficient (Wildman–Crippen LogP) is 17.0. The molecule has 1 unspecified atom stereocenters. The molecule has 6 heteroatoms. The minimum Gasteiger partial charge on any atom is -0.462 e. The normalized spacial score (nSPS) is 12.6. The number of carbonyl (C=O) groups is 3. The average molecular weight is 865 g/mol. The highest BCUT2D eigenvalue weighted by atomic mass is 16.6. The van der Waals surface area contributed by atoms with Crippen LogP contribution < -0.4 is 0 Å². The molecule has 0 aromatic rings. The van der Waals surface area contributed by atoms with Gasteiger partial charge in [0, 0.05) is 19.3 Å². The van der Waals surface area contributed by atoms with E-state index < -0.39 is 6.10 Å². The first-order valence-corrected chi connectivity index (χ1v) is 25.9. The van der Waals surface area contributed by atoms with Gasteiger partial charge in [-0.15, -0.1) is 0 Å². The van der Waals surface area contributed by atoms with Gasteiger partial charge in [-0.1, -0.05) is 196 Å². The van der Waals surface area contributed by atoms with Gasteiger partial charge in [0.15, 0.2) is 6.10 Å². The number of rotatable bonds is 46. The van der Waals surface area contributed by atoms with E-state index in [9.17, 15) is 14.4 Å². The predicted molar refractivity (Wildman–Crippen MR) is 265 cm³/mol. The molecule has 1 atom stereocenters. The molecule has 0 spiro atoms. The van der Waals surface area contributed by atoms with E-state index in [0.29, 0.717) is 19.3 Å². The fourth-order valence-electron chi connectivity index (χ4n) is 6.96. The molecule has 0 heterocycles. The van der Waals surface area contributed by atoms with Gasteiger partial charge < -0.3 is 14.2 Å². The molecule has 0 aromatic carbocycles. The number of carbonyl (C=O) groups excluding carboxylic acids is 3. The van der Waals surface area contributed by atoms with E-state index in [-0.39, 0.29) is 31.1 Å². The van der Waals surface area contributed by atoms with Crippen LogP contribution in [0.1, 0.15) is 245 Å². The highest BCUT2D eigenvalue weighted by Gasteiger charge is 2.19. The molecule has 0 amide bonds. The molecule has 0 aliphatic rings. The largest absolute Gasteiger partial charge is 0.462 e. The fraction of sp³-hybridized carbons (Fsp3) is 0.732. The number of hydrogen-bond acceptors (Lipinski definition) is 6. The van der Waals surface area contributed by atoms with E-state index in [1.807, 2.05) is 0 Å². The van der Waals surface area contributed by atoms with E-state index in [1.165, 1.54) is 77.0 Å². The third-order valence-corrected chi connectivity index (χ3v) is 10.9. The number of unbranched alkanes of at least 4 members (excludes halogenated alkanes) is 23. The van der Waals surface area contributed by atoms with Crippen LogP contribution in [0.4, 0.5) is 0 Å². The standard InChI is InChI=1S/C56H96O6/c1-4-7-10-13-16-19-22-24-25-26-27-28-29-30-31-33-34-37-40-43-46-49-55(58)61-52-53(51-60-54(57)48-45-42-39-36-21-18-15-12-9-6-3)62-56(59)50-47-44-41-38-35-32-23-20-17-14-11-8-5-2/h11-12,14-15,20,22-24,26-27,29-30,53H,4-10,13,16-19,21,25,28,31-52H2,1-3H3/b14-11-,15-12-,23-20-,24-22-,27-26-,30-29-. The molecule has 0 bridgehead atoms. The maximum absolute atomic E-state index is 12.8. The lowest BCUT2D eigenvalue weighted by molar-refractivity contribution is -0.167. The minimum atomic E-state index is -0.790. The lowest BCUT2D eigenvalue weighted by atomic mass is 10.1. The Morgan fingerprint density at radius 3 is 1.00 bits per heavy atom. The second-order valence-electron chi connectivity index (χ2n) is 17.1. The van der Waals surface area contributed by atoms with Crippen molar-refractivity contribution in [1.29, 1.82) is 0 Å². The maximum atomic E-state index is 12.8. The van der Waals surface area contributed by atoms with E-state index >= 15 is 0 Å². The van der Waals surface area contributed by atoms with Gasteiger partial charge >= 0.3 is 17.9 Å². The van der Waals surface area contributed by atoms with Crippen molar-refractivity contribution in [1.82, 2.24) is 0 Å². The Bertz CT molecular complexity index is 1180. The molecule has 0 fully saturated rings. The molecule has 0 radical (unpaired) electrons. The van der Waals surface area contributed by atoms with Gasteiger partial charge in [0.25, 0.3) is 0 Å². The molecule has 6 nitrogen and oxygen atoms in total. The summed E-state index contributed by atoms with van der Waals surface area (Å²) in [6.45, 7) is 6.47. The average Bonchev–Trinajstić information content (AvgIpc) is 3.27. The number of ether oxygens (including phenoxy) is 3. The first kappa shape index (κ1) is 58.9. The van der Waals surface area contributed by atoms with Gasteiger partial charge in [-0.25, -0.2) is 0 Å². The first-order chi connectivity index (χ1) is 30.5. The zero-order chi connectivity index (χ0) is 45.1. The highest BCUT2D eigenvalue weighted by Crippen LogP contribution is 2.13. The van der Waals surface area contributed by atoms with Crippen LogP contribution in [-0.2, 0) is 28.6 Å². The van der Waals surface area contributed by atoms with Crippen LogP contribution in [0.15, 0.2) is 72.9 Å². The van der Waals surface area contributed by atoms with Gasteiger partial charge in [-0.3, -0.25) is 14.4 Å². The van der Waals surface area contributed by atoms with Crippen molar-refractivity contribution in [2.75, 3.05) is 13.2 Å². The molecular weight excluding hydrogens is 769 g/mol. The van der Waals surface area contributed by atoms with Crippen molar-refractivity contribution < 1.29 is 28.6 Å². The summed E-state index contributed by atoms with van der Waals surface area (Å²) < 4.78 is 16.7. The van der Waals surface area contributed by atoms with Crippen molar-refractivity contribution in [2.45, 2.75) is 252 Å². The number of allylic oxidation sites excluding steroid dienone is 12. The van der Waals surface area contributed by atoms with Crippen molar-refractivity contribution in [2.24, 2.45) is 0 Å². The smallest absolute Gasteiger partial charge is 0.306 e. The van der Waals surface area contributed by atoms with E-state index in [2.05, 4.69) is 93.7 Å². The summed E-state index contributed by atoms with van der Waals surface area (Å²) in [7, 11) is 0. The summed E-state index contributed by atoms with van der Waals surface area (Å²) >= 11 is 0. The second-order valence-corrected chi connectivity index (χ2v) is 17.1. The van der Waals surface area contributed by atoms with Crippen LogP contribution in [0, 0.1) is 0 Å². The quantitative estimate of drug-likeness (QED) is 0.0262. The van der Waals surface area contributed by atoms with Gasteiger partial charge in [-0.05, 0) is 103 Å². The first-order valence-electron chi connectivity index (χ1n) is 25.9. The molecule has 0 aliphatic heterocycles. The summed E-state index contributed by atoms with van der Waals surface area (Å²) in [5.41, 5.74) is 0. The molecule has 0 aliphatic carbocycles. The van der Waals surface area contributed by atoms with E-state index in [4.69, 9.17) is 14.2 Å². The van der Waals surface area contributed by atoms with Gasteiger partial charge in [0.2, 0.25) is 0 Å². The van der Waals surface area contributed by atoms with Crippen LogP contribution in [-0.4, -0.2) is 37.2 Å². The van der Waals surface area contributed by atoms with Crippen LogP contribution in [0.25, 0.3) is 0 Å². The zero-order valence-corrected chi connectivity index (χ0v) is 40.6. The van der Waals surface area contributed by atoms with Crippen LogP contribution in [0.5, 0.6) is 0 Å². The summed E-state index contributed by atoms with van der Waals surface area (Å²) in [5, 5.41) is 0. The summed E-state index contributed by atoms with van der Waals surface area (Å²) in [4.78, 5) is 37.9. The van der Waals surface area contributed by atoms with Crippen molar-refractivity contribution in [3.05, 3.63) is 72.9 Å². The minimum absolute atomic E-state index is 0.0906. The lowest BCUT2D eigenvalue weighted by Gasteiger charge is -2.18. The summed E-state index contributed by atoms with van der Waals surface area (Å²) in [6.07, 6.45) is 63.2. The Hall–Kier alpha value is -3.15. The van der Waals surface area contributed by atoms with E-state index in [1.54, 1.807) is 0 Å². The number of esters is 3. The maximum Gasteiger partial charge on any atom is 0.306 e. The zero-order valence-electron chi connectivity index (χ0n) is 40.6. The van der Waals surface area contributed by atoms with Crippen molar-refractivity contribution in [3.8, 4) is 0 Å². The molecule has 0 N–H and O–H groups in total. The second kappa shape index (κ2) is 50.5. The van der Waals surface area contributed by atoms with Gasteiger partial charge in [0.1, 0.15) is 13.2 Å². The molecular formula is C56H96O6. The Balaban J connectivity index is 4.35. The fourth-order valence-corrected chi connectivity index (χ4v) is 6.96. The van der Waals surface area contributed by atoms with Crippen LogP contribution in [0.3, 0.4) is 0 Å². The molecule has 0 saturated heterocycles. The van der Waals surface area contributed by atoms with Crippen molar-refractivity contribution >= 4 is 17.9 Å². The highest BCUT2D eigenvalue weighted by molar-refractivity contribution is 5.71. The third-order valence-electron chi connectivity index (χ3n) is 10.9. The monoisotopic (exact) mass is 865 g/mol. The van der Waals surface area contributed by atoms with Gasteiger partial charge in [0.05, 0.1) is 0 Å². The third kappa shape index (κ3) is 47.9. The Kier molecular flexibility index (Phi) is 47.9. The Labute approximate surface area is 382 Å². The molecule has 0 rings (SSSR count). The van der Waals surface area contributed by atoms with Crippen LogP contribution >= 0.6 is 0 Å². The Morgan fingerprint density at radius 2 is 0.613 bits per heavy atom. The molecule has 0 saturated carbocycles. The van der Waals surface area contributed by atoms with Crippen LogP contribution in [0.2, 0.25) is 0 Å². The van der Waals surface area contributed by atoms with Crippen molar-refractivity contribution in [3.63, 3.8) is 0 Å². The van der Waals surface area contributed by atoms with E-state index in [0.717, 1.165) is 128 Å². The lowest BCUT2D eigenvalue weighted by Crippen LogP contribution is -2.30. The topological polar surface area (TPSA) is 78.9 Å². The summed E-state index contributed by atoms with van der Waals surface area (Å²) in [6, 6.07) is 0. The van der Waals surface area contributed by atoms with Gasteiger partial charge in [-0.2, -0.15) is 0 Å². The molecule has 0 aromatic heterocycles. The summed E-state index contributed by atoms with van der Waals surface area (Å²) in [5.74, 6) is -0.928. The Morgan fingerprint density at radius 1 is 0.323 bits per heavy atom. The SMILES string of the molecule is CCC/C=C\C/C=C\CCCCCCCC(=O)OC(COC(=O)CCCCCCC/C=C\CCC)COC(=O)CCCCCCCC/C=C\C/C=C\C/C=C\CCCCCCC. The molecule has 356 valence electrons. The molecule has 62 heavy (non-hydrogen) atoms. The number of hydrogen-bond donors (Lipinski definition) is 0.